The molecule has 0 radical (unpaired) electrons. The Labute approximate surface area is 108 Å². The van der Waals surface area contributed by atoms with Gasteiger partial charge in [0.1, 0.15) is 5.71 Å². The molecule has 0 unspecified atom stereocenters. The van der Waals surface area contributed by atoms with Gasteiger partial charge in [0.2, 0.25) is 0 Å². The lowest BCUT2D eigenvalue weighted by atomic mass is 10.0. The Balaban J connectivity index is 2.21. The first-order valence-electron chi connectivity index (χ1n) is 5.74. The smallest absolute Gasteiger partial charge is 0.128 e. The highest BCUT2D eigenvalue weighted by molar-refractivity contribution is 7.22. The van der Waals surface area contributed by atoms with Gasteiger partial charge in [-0.2, -0.15) is 0 Å². The maximum absolute atomic E-state index is 9.28. The first-order valence-corrected chi connectivity index (χ1v) is 6.55. The van der Waals surface area contributed by atoms with Crippen molar-refractivity contribution < 1.29 is 5.21 Å². The second kappa shape index (κ2) is 3.43. The minimum absolute atomic E-state index is 0.696. The summed E-state index contributed by atoms with van der Waals surface area (Å²) in [5.41, 5.74) is 4.09. The van der Waals surface area contributed by atoms with Crippen LogP contribution in [0.25, 0.3) is 21.2 Å². The third-order valence-corrected chi connectivity index (χ3v) is 4.54. The average Bonchev–Trinajstić information content (AvgIpc) is 2.92. The van der Waals surface area contributed by atoms with Crippen LogP contribution < -0.4 is 0 Å². The molecule has 3 heteroatoms. The summed E-state index contributed by atoms with van der Waals surface area (Å²) in [6.45, 7) is 0. The summed E-state index contributed by atoms with van der Waals surface area (Å²) in [5, 5.41) is 14.0. The molecule has 3 aromatic rings. The predicted octanol–water partition coefficient (Wildman–Crippen LogP) is 4.11. The molecule has 1 heterocycles. The van der Waals surface area contributed by atoms with Gasteiger partial charge in [0, 0.05) is 21.2 Å². The average molecular weight is 251 g/mol. The van der Waals surface area contributed by atoms with Crippen molar-refractivity contribution in [2.45, 2.75) is 0 Å². The Kier molecular flexibility index (Phi) is 1.88. The molecule has 1 aromatic heterocycles. The zero-order valence-electron chi connectivity index (χ0n) is 9.42. The maximum atomic E-state index is 9.28. The number of thiophene rings is 1. The fourth-order valence-electron chi connectivity index (χ4n) is 2.61. The third kappa shape index (κ3) is 1.09. The van der Waals surface area contributed by atoms with E-state index in [-0.39, 0.29) is 0 Å². The van der Waals surface area contributed by atoms with E-state index in [4.69, 9.17) is 0 Å². The van der Waals surface area contributed by atoms with Crippen LogP contribution in [0.5, 0.6) is 0 Å². The minimum atomic E-state index is 0.696. The standard InChI is InChI=1S/C15H9NOS/c17-16-14-10-6-2-1-5-9(10)13-11-7-3-4-8-12(11)18-15(13)14/h1-8,17H/b16-14-. The Hall–Kier alpha value is -2.13. The van der Waals surface area contributed by atoms with E-state index in [2.05, 4.69) is 23.4 Å². The quantitative estimate of drug-likeness (QED) is 0.370. The topological polar surface area (TPSA) is 32.6 Å². The van der Waals surface area contributed by atoms with Crippen LogP contribution in [0.1, 0.15) is 10.4 Å². The number of hydrogen-bond donors (Lipinski definition) is 1. The molecule has 1 aliphatic rings. The molecule has 86 valence electrons. The normalized spacial score (nSPS) is 15.0. The monoisotopic (exact) mass is 251 g/mol. The Morgan fingerprint density at radius 3 is 2.44 bits per heavy atom. The van der Waals surface area contributed by atoms with Gasteiger partial charge in [-0.15, -0.1) is 11.3 Å². The van der Waals surface area contributed by atoms with E-state index in [9.17, 15) is 5.21 Å². The van der Waals surface area contributed by atoms with Crippen LogP contribution in [-0.4, -0.2) is 10.9 Å². The third-order valence-electron chi connectivity index (χ3n) is 3.36. The van der Waals surface area contributed by atoms with Gasteiger partial charge in [-0.25, -0.2) is 0 Å². The van der Waals surface area contributed by atoms with Crippen LogP contribution in [0, 0.1) is 0 Å². The van der Waals surface area contributed by atoms with Crippen LogP contribution in [-0.2, 0) is 0 Å². The van der Waals surface area contributed by atoms with Gasteiger partial charge in [0.05, 0.1) is 4.88 Å². The number of rotatable bonds is 0. The molecular formula is C15H9NOS. The summed E-state index contributed by atoms with van der Waals surface area (Å²) < 4.78 is 1.23. The van der Waals surface area contributed by atoms with Crippen molar-refractivity contribution in [2.24, 2.45) is 5.16 Å². The molecule has 0 saturated heterocycles. The van der Waals surface area contributed by atoms with Crippen LogP contribution >= 0.6 is 11.3 Å². The van der Waals surface area contributed by atoms with Crippen molar-refractivity contribution in [3.8, 4) is 11.1 Å². The van der Waals surface area contributed by atoms with Crippen molar-refractivity contribution in [2.75, 3.05) is 0 Å². The number of hydrogen-bond acceptors (Lipinski definition) is 3. The molecule has 2 nitrogen and oxygen atoms in total. The molecule has 0 aliphatic heterocycles. The number of benzene rings is 2. The van der Waals surface area contributed by atoms with E-state index >= 15 is 0 Å². The van der Waals surface area contributed by atoms with E-state index in [0.717, 1.165) is 16.0 Å². The first kappa shape index (κ1) is 9.85. The summed E-state index contributed by atoms with van der Waals surface area (Å²) in [7, 11) is 0. The molecule has 0 amide bonds. The second-order valence-electron chi connectivity index (χ2n) is 4.30. The highest BCUT2D eigenvalue weighted by Gasteiger charge is 2.29. The van der Waals surface area contributed by atoms with Gasteiger partial charge in [0.25, 0.3) is 0 Å². The van der Waals surface area contributed by atoms with Crippen molar-refractivity contribution in [1.82, 2.24) is 0 Å². The van der Waals surface area contributed by atoms with E-state index in [1.165, 1.54) is 15.6 Å². The number of nitrogens with zero attached hydrogens (tertiary/aromatic N) is 1. The lowest BCUT2D eigenvalue weighted by Crippen LogP contribution is -1.94. The number of fused-ring (bicyclic) bond motifs is 5. The molecule has 18 heavy (non-hydrogen) atoms. The summed E-state index contributed by atoms with van der Waals surface area (Å²) >= 11 is 1.68. The molecule has 2 aromatic carbocycles. The van der Waals surface area contributed by atoms with Gasteiger partial charge in [-0.3, -0.25) is 0 Å². The second-order valence-corrected chi connectivity index (χ2v) is 5.35. The van der Waals surface area contributed by atoms with Crippen LogP contribution in [0.4, 0.5) is 0 Å². The minimum Gasteiger partial charge on any atom is -0.410 e. The molecular weight excluding hydrogens is 242 g/mol. The lowest BCUT2D eigenvalue weighted by Gasteiger charge is -1.99. The van der Waals surface area contributed by atoms with Crippen LogP contribution in [0.3, 0.4) is 0 Å². The van der Waals surface area contributed by atoms with Crippen LogP contribution in [0.2, 0.25) is 0 Å². The van der Waals surface area contributed by atoms with E-state index < -0.39 is 0 Å². The van der Waals surface area contributed by atoms with E-state index in [0.29, 0.717) is 5.71 Å². The Morgan fingerprint density at radius 1 is 0.889 bits per heavy atom. The SMILES string of the molecule is O/N=C1/c2ccccc2-c2c1sc1ccccc21. The molecule has 0 saturated carbocycles. The van der Waals surface area contributed by atoms with Gasteiger partial charge in [-0.05, 0) is 11.6 Å². The first-order chi connectivity index (χ1) is 8.90. The van der Waals surface area contributed by atoms with Crippen molar-refractivity contribution >= 4 is 27.1 Å². The lowest BCUT2D eigenvalue weighted by molar-refractivity contribution is 0.320. The van der Waals surface area contributed by atoms with E-state index in [1.807, 2.05) is 30.3 Å². The maximum Gasteiger partial charge on any atom is 0.128 e. The zero-order chi connectivity index (χ0) is 12.1. The van der Waals surface area contributed by atoms with Gasteiger partial charge < -0.3 is 5.21 Å². The summed E-state index contributed by atoms with van der Waals surface area (Å²) in [5.74, 6) is 0. The van der Waals surface area contributed by atoms with Gasteiger partial charge in [0.15, 0.2) is 0 Å². The number of oxime groups is 1. The summed E-state index contributed by atoms with van der Waals surface area (Å²) in [4.78, 5) is 1.07. The molecule has 1 N–H and O–H groups in total. The molecule has 0 bridgehead atoms. The van der Waals surface area contributed by atoms with E-state index in [1.54, 1.807) is 11.3 Å². The highest BCUT2D eigenvalue weighted by Crippen LogP contribution is 2.46. The molecule has 4 rings (SSSR count). The summed E-state index contributed by atoms with van der Waals surface area (Å²) in [6.07, 6.45) is 0. The predicted molar refractivity (Wildman–Crippen MR) is 74.7 cm³/mol. The Bertz CT molecular complexity index is 801. The molecule has 0 fully saturated rings. The fourth-order valence-corrected chi connectivity index (χ4v) is 3.82. The van der Waals surface area contributed by atoms with Crippen LogP contribution in [0.15, 0.2) is 53.7 Å². The fraction of sp³-hybridized carbons (Fsp3) is 0. The van der Waals surface area contributed by atoms with Crippen molar-refractivity contribution in [3.05, 3.63) is 59.0 Å². The van der Waals surface area contributed by atoms with Crippen molar-refractivity contribution in [1.29, 1.82) is 0 Å². The van der Waals surface area contributed by atoms with Crippen molar-refractivity contribution in [3.63, 3.8) is 0 Å². The molecule has 1 aliphatic carbocycles. The zero-order valence-corrected chi connectivity index (χ0v) is 10.2. The van der Waals surface area contributed by atoms with Gasteiger partial charge >= 0.3 is 0 Å². The molecule has 0 atom stereocenters. The summed E-state index contributed by atoms with van der Waals surface area (Å²) in [6, 6.07) is 16.4. The molecule has 0 spiro atoms. The Morgan fingerprint density at radius 2 is 1.61 bits per heavy atom. The van der Waals surface area contributed by atoms with Gasteiger partial charge in [-0.1, -0.05) is 47.6 Å². The highest BCUT2D eigenvalue weighted by atomic mass is 32.1. The largest absolute Gasteiger partial charge is 0.410 e.